The number of para-hydroxylation sites is 1. The topological polar surface area (TPSA) is 32.3 Å². The number of aliphatic hydroxyl groups is 1. The summed E-state index contributed by atoms with van der Waals surface area (Å²) in [7, 11) is 0. The molecule has 1 heterocycles. The van der Waals surface area contributed by atoms with Gasteiger partial charge in [0.25, 0.3) is 0 Å². The molecular formula is C12H15NO. The van der Waals surface area contributed by atoms with Crippen LogP contribution in [0.4, 0.5) is 5.69 Å². The maximum absolute atomic E-state index is 9.84. The van der Waals surface area contributed by atoms with E-state index in [9.17, 15) is 5.11 Å². The largest absolute Gasteiger partial charge is 0.391 e. The molecule has 0 unspecified atom stereocenters. The Labute approximate surface area is 84.3 Å². The maximum Gasteiger partial charge on any atom is 0.0784 e. The highest BCUT2D eigenvalue weighted by Gasteiger charge is 2.26. The Morgan fingerprint density at radius 1 is 1.50 bits per heavy atom. The van der Waals surface area contributed by atoms with Gasteiger partial charge in [0, 0.05) is 18.2 Å². The molecule has 1 aromatic carbocycles. The van der Waals surface area contributed by atoms with Gasteiger partial charge in [-0.15, -0.1) is 6.58 Å². The minimum atomic E-state index is -0.303. The lowest BCUT2D eigenvalue weighted by molar-refractivity contribution is 0.152. The highest BCUT2D eigenvalue weighted by Crippen LogP contribution is 2.33. The van der Waals surface area contributed by atoms with Crippen LogP contribution < -0.4 is 5.32 Å². The van der Waals surface area contributed by atoms with E-state index >= 15 is 0 Å². The summed E-state index contributed by atoms with van der Waals surface area (Å²) in [5.74, 6) is 0.199. The third-order valence-electron chi connectivity index (χ3n) is 2.75. The second-order valence-corrected chi connectivity index (χ2v) is 3.67. The zero-order chi connectivity index (χ0) is 9.97. The first-order valence-electron chi connectivity index (χ1n) is 4.94. The van der Waals surface area contributed by atoms with Gasteiger partial charge >= 0.3 is 0 Å². The van der Waals surface area contributed by atoms with E-state index < -0.39 is 0 Å². The summed E-state index contributed by atoms with van der Waals surface area (Å²) in [6.45, 7) is 4.37. The molecule has 0 fully saturated rings. The molecule has 1 aromatic rings. The second kappa shape index (κ2) is 3.84. The predicted molar refractivity (Wildman–Crippen MR) is 58.5 cm³/mol. The molecule has 0 amide bonds. The molecule has 2 atom stereocenters. The number of hydrogen-bond acceptors (Lipinski definition) is 2. The zero-order valence-electron chi connectivity index (χ0n) is 8.11. The number of hydrogen-bond donors (Lipinski definition) is 2. The zero-order valence-corrected chi connectivity index (χ0v) is 8.11. The molecule has 0 aromatic heterocycles. The van der Waals surface area contributed by atoms with Crippen molar-refractivity contribution in [3.63, 3.8) is 0 Å². The first-order chi connectivity index (χ1) is 6.83. The molecular weight excluding hydrogens is 174 g/mol. The Bertz CT molecular complexity index is 335. The van der Waals surface area contributed by atoms with Crippen LogP contribution in [0.5, 0.6) is 0 Å². The van der Waals surface area contributed by atoms with Gasteiger partial charge in [0.15, 0.2) is 0 Å². The Morgan fingerprint density at radius 3 is 3.07 bits per heavy atom. The summed E-state index contributed by atoms with van der Waals surface area (Å²) in [6.07, 6.45) is 2.40. The highest BCUT2D eigenvalue weighted by atomic mass is 16.3. The summed E-state index contributed by atoms with van der Waals surface area (Å²) in [5.41, 5.74) is 2.34. The number of benzene rings is 1. The van der Waals surface area contributed by atoms with Crippen molar-refractivity contribution in [2.24, 2.45) is 0 Å². The molecule has 0 aliphatic carbocycles. The number of β-amino-alcohol motifs (C(OH)–C–C–N with tert-alkyl or cyclic N) is 1. The first-order valence-corrected chi connectivity index (χ1v) is 4.94. The fourth-order valence-electron chi connectivity index (χ4n) is 2.01. The summed E-state index contributed by atoms with van der Waals surface area (Å²) in [5, 5.41) is 13.1. The average molecular weight is 189 g/mol. The molecule has 74 valence electrons. The van der Waals surface area contributed by atoms with Crippen LogP contribution >= 0.6 is 0 Å². The lowest BCUT2D eigenvalue weighted by Crippen LogP contribution is -2.32. The third kappa shape index (κ3) is 1.53. The summed E-state index contributed by atoms with van der Waals surface area (Å²) in [4.78, 5) is 0. The number of aliphatic hydroxyl groups excluding tert-OH is 1. The Morgan fingerprint density at radius 2 is 2.29 bits per heavy atom. The normalized spacial score (nSPS) is 24.9. The Kier molecular flexibility index (Phi) is 2.55. The van der Waals surface area contributed by atoms with Gasteiger partial charge < -0.3 is 10.4 Å². The summed E-state index contributed by atoms with van der Waals surface area (Å²) < 4.78 is 0. The molecule has 0 bridgehead atoms. The van der Waals surface area contributed by atoms with Gasteiger partial charge in [0.1, 0.15) is 0 Å². The highest BCUT2D eigenvalue weighted by molar-refractivity contribution is 5.55. The van der Waals surface area contributed by atoms with E-state index in [2.05, 4.69) is 24.0 Å². The molecule has 14 heavy (non-hydrogen) atoms. The van der Waals surface area contributed by atoms with Gasteiger partial charge in [-0.1, -0.05) is 24.3 Å². The van der Waals surface area contributed by atoms with Crippen LogP contribution in [0.25, 0.3) is 0 Å². The standard InChI is InChI=1S/C12H15NO/c1-2-5-10-9-6-3-4-7-11(9)13-8-12(10)14/h2-4,6-7,10,12-14H,1,5,8H2/t10-,12+/m0/s1. The van der Waals surface area contributed by atoms with Crippen LogP contribution in [0.15, 0.2) is 36.9 Å². The molecule has 2 rings (SSSR count). The SMILES string of the molecule is C=CC[C@H]1c2ccccc2NC[C@H]1O. The predicted octanol–water partition coefficient (Wildman–Crippen LogP) is 2.13. The monoisotopic (exact) mass is 189 g/mol. The molecule has 0 spiro atoms. The van der Waals surface area contributed by atoms with Gasteiger partial charge in [-0.2, -0.15) is 0 Å². The van der Waals surface area contributed by atoms with Gasteiger partial charge in [-0.25, -0.2) is 0 Å². The van der Waals surface area contributed by atoms with Crippen molar-refractivity contribution in [1.29, 1.82) is 0 Å². The van der Waals surface area contributed by atoms with E-state index in [-0.39, 0.29) is 12.0 Å². The van der Waals surface area contributed by atoms with Crippen molar-refractivity contribution in [1.82, 2.24) is 0 Å². The first kappa shape index (κ1) is 9.28. The molecule has 0 radical (unpaired) electrons. The quantitative estimate of drug-likeness (QED) is 0.698. The lowest BCUT2D eigenvalue weighted by Gasteiger charge is -2.30. The number of allylic oxidation sites excluding steroid dienone is 1. The minimum absolute atomic E-state index is 0.199. The molecule has 2 heteroatoms. The van der Waals surface area contributed by atoms with Gasteiger partial charge in [0.2, 0.25) is 0 Å². The molecule has 2 N–H and O–H groups in total. The number of anilines is 1. The molecule has 2 nitrogen and oxygen atoms in total. The third-order valence-corrected chi connectivity index (χ3v) is 2.75. The van der Waals surface area contributed by atoms with E-state index in [0.29, 0.717) is 6.54 Å². The van der Waals surface area contributed by atoms with E-state index in [1.807, 2.05) is 18.2 Å². The van der Waals surface area contributed by atoms with E-state index in [1.165, 1.54) is 5.56 Å². The van der Waals surface area contributed by atoms with Crippen molar-refractivity contribution in [2.45, 2.75) is 18.4 Å². The molecule has 1 aliphatic rings. The average Bonchev–Trinajstić information content (AvgIpc) is 2.23. The van der Waals surface area contributed by atoms with Crippen molar-refractivity contribution >= 4 is 5.69 Å². The Hall–Kier alpha value is -1.28. The van der Waals surface area contributed by atoms with Crippen molar-refractivity contribution < 1.29 is 5.11 Å². The Balaban J connectivity index is 2.35. The van der Waals surface area contributed by atoms with Crippen LogP contribution in [0, 0.1) is 0 Å². The van der Waals surface area contributed by atoms with Crippen molar-refractivity contribution in [3.05, 3.63) is 42.5 Å². The van der Waals surface area contributed by atoms with Gasteiger partial charge in [-0.3, -0.25) is 0 Å². The molecule has 0 saturated carbocycles. The number of nitrogens with one attached hydrogen (secondary N) is 1. The lowest BCUT2D eigenvalue weighted by atomic mass is 9.86. The second-order valence-electron chi connectivity index (χ2n) is 3.67. The van der Waals surface area contributed by atoms with Crippen LogP contribution in [-0.4, -0.2) is 17.8 Å². The summed E-state index contributed by atoms with van der Waals surface area (Å²) >= 11 is 0. The number of fused-ring (bicyclic) bond motifs is 1. The maximum atomic E-state index is 9.84. The van der Waals surface area contributed by atoms with Crippen LogP contribution in [0.2, 0.25) is 0 Å². The van der Waals surface area contributed by atoms with Crippen LogP contribution in [-0.2, 0) is 0 Å². The van der Waals surface area contributed by atoms with Crippen molar-refractivity contribution in [2.75, 3.05) is 11.9 Å². The van der Waals surface area contributed by atoms with Gasteiger partial charge in [-0.05, 0) is 18.1 Å². The molecule has 1 aliphatic heterocycles. The van der Waals surface area contributed by atoms with Crippen molar-refractivity contribution in [3.8, 4) is 0 Å². The summed E-state index contributed by atoms with van der Waals surface area (Å²) in [6, 6.07) is 8.14. The number of rotatable bonds is 2. The van der Waals surface area contributed by atoms with E-state index in [0.717, 1.165) is 12.1 Å². The minimum Gasteiger partial charge on any atom is -0.391 e. The molecule has 0 saturated heterocycles. The van der Waals surface area contributed by atoms with E-state index in [1.54, 1.807) is 0 Å². The van der Waals surface area contributed by atoms with Gasteiger partial charge in [0.05, 0.1) is 6.10 Å². The van der Waals surface area contributed by atoms with E-state index in [4.69, 9.17) is 0 Å². The van der Waals surface area contributed by atoms with Crippen LogP contribution in [0.1, 0.15) is 17.9 Å². The van der Waals surface area contributed by atoms with Crippen LogP contribution in [0.3, 0.4) is 0 Å². The fraction of sp³-hybridized carbons (Fsp3) is 0.333. The fourth-order valence-corrected chi connectivity index (χ4v) is 2.01. The smallest absolute Gasteiger partial charge is 0.0784 e.